The Morgan fingerprint density at radius 3 is 2.00 bits per heavy atom. The summed E-state index contributed by atoms with van der Waals surface area (Å²) >= 11 is 0. The predicted molar refractivity (Wildman–Crippen MR) is 82.4 cm³/mol. The molecule has 0 saturated carbocycles. The van der Waals surface area contributed by atoms with Gasteiger partial charge in [-0.05, 0) is 24.6 Å². The van der Waals surface area contributed by atoms with Gasteiger partial charge < -0.3 is 30.0 Å². The molecule has 1 aromatic carbocycles. The molecule has 2 atom stereocenters. The van der Waals surface area contributed by atoms with Crippen LogP contribution in [0.2, 0.25) is 0 Å². The van der Waals surface area contributed by atoms with Crippen molar-refractivity contribution in [3.63, 3.8) is 0 Å². The minimum Gasteiger partial charge on any atom is -0.493 e. The van der Waals surface area contributed by atoms with E-state index < -0.39 is 0 Å². The fraction of sp³-hybridized carbons (Fsp3) is 0.600. The molecule has 0 bridgehead atoms. The normalized spacial score (nSPS) is 13.6. The molecule has 0 aliphatic rings. The monoisotopic (exact) mass is 298 g/mol. The van der Waals surface area contributed by atoms with E-state index in [4.69, 9.17) is 24.7 Å². The summed E-state index contributed by atoms with van der Waals surface area (Å²) in [6, 6.07) is 3.79. The minimum atomic E-state index is -0.0173. The molecule has 0 radical (unpaired) electrons. The number of ether oxygens (including phenoxy) is 4. The van der Waals surface area contributed by atoms with E-state index in [0.717, 1.165) is 5.56 Å². The van der Waals surface area contributed by atoms with Crippen LogP contribution >= 0.6 is 0 Å². The molecule has 0 amide bonds. The van der Waals surface area contributed by atoms with Crippen LogP contribution in [0.15, 0.2) is 12.1 Å². The molecular weight excluding hydrogens is 272 g/mol. The first kappa shape index (κ1) is 17.6. The van der Waals surface area contributed by atoms with Crippen molar-refractivity contribution in [1.29, 1.82) is 0 Å². The van der Waals surface area contributed by atoms with Crippen LogP contribution in [-0.2, 0) is 4.74 Å². The van der Waals surface area contributed by atoms with Crippen molar-refractivity contribution >= 4 is 0 Å². The second-order valence-corrected chi connectivity index (χ2v) is 4.70. The van der Waals surface area contributed by atoms with Crippen LogP contribution in [0.5, 0.6) is 17.2 Å². The van der Waals surface area contributed by atoms with Crippen molar-refractivity contribution < 1.29 is 18.9 Å². The third kappa shape index (κ3) is 4.49. The van der Waals surface area contributed by atoms with Crippen LogP contribution in [0, 0.1) is 0 Å². The molecule has 3 N–H and O–H groups in total. The van der Waals surface area contributed by atoms with Gasteiger partial charge in [0, 0.05) is 26.2 Å². The molecule has 0 saturated heterocycles. The summed E-state index contributed by atoms with van der Waals surface area (Å²) < 4.78 is 21.3. The molecule has 1 rings (SSSR count). The Morgan fingerprint density at radius 2 is 1.62 bits per heavy atom. The van der Waals surface area contributed by atoms with Crippen molar-refractivity contribution in [2.45, 2.75) is 19.1 Å². The Kier molecular flexibility index (Phi) is 7.28. The summed E-state index contributed by atoms with van der Waals surface area (Å²) in [5.41, 5.74) is 6.85. The summed E-state index contributed by atoms with van der Waals surface area (Å²) in [4.78, 5) is 0. The molecule has 0 heterocycles. The molecule has 21 heavy (non-hydrogen) atoms. The lowest BCUT2D eigenvalue weighted by Gasteiger charge is -2.22. The largest absolute Gasteiger partial charge is 0.493 e. The van der Waals surface area contributed by atoms with Gasteiger partial charge in [0.25, 0.3) is 0 Å². The lowest BCUT2D eigenvalue weighted by molar-refractivity contribution is 0.114. The zero-order valence-corrected chi connectivity index (χ0v) is 13.4. The lowest BCUT2D eigenvalue weighted by atomic mass is 10.1. The van der Waals surface area contributed by atoms with Crippen molar-refractivity contribution in [2.75, 3.05) is 41.5 Å². The zero-order chi connectivity index (χ0) is 15.8. The molecule has 0 fully saturated rings. The third-order valence-electron chi connectivity index (χ3n) is 3.38. The average molecular weight is 298 g/mol. The topological polar surface area (TPSA) is 75.0 Å². The predicted octanol–water partition coefficient (Wildman–Crippen LogP) is 1.34. The van der Waals surface area contributed by atoms with Crippen molar-refractivity contribution in [3.05, 3.63) is 17.7 Å². The van der Waals surface area contributed by atoms with Gasteiger partial charge in [-0.15, -0.1) is 0 Å². The smallest absolute Gasteiger partial charge is 0.203 e. The first-order valence-electron chi connectivity index (χ1n) is 6.87. The average Bonchev–Trinajstić information content (AvgIpc) is 2.53. The van der Waals surface area contributed by atoms with E-state index in [1.165, 1.54) is 0 Å². The van der Waals surface area contributed by atoms with E-state index in [9.17, 15) is 0 Å². The Labute approximate surface area is 126 Å². The van der Waals surface area contributed by atoms with Crippen molar-refractivity contribution in [2.24, 2.45) is 5.73 Å². The van der Waals surface area contributed by atoms with Crippen LogP contribution in [0.4, 0.5) is 0 Å². The van der Waals surface area contributed by atoms with Crippen LogP contribution in [0.25, 0.3) is 0 Å². The highest BCUT2D eigenvalue weighted by molar-refractivity contribution is 5.54. The van der Waals surface area contributed by atoms with Gasteiger partial charge in [0.05, 0.1) is 27.4 Å². The Balaban J connectivity index is 3.03. The molecular formula is C15H26N2O4. The lowest BCUT2D eigenvalue weighted by Crippen LogP contribution is -2.34. The molecule has 6 heteroatoms. The van der Waals surface area contributed by atoms with Gasteiger partial charge in [-0.3, -0.25) is 0 Å². The van der Waals surface area contributed by atoms with Gasteiger partial charge in [-0.25, -0.2) is 0 Å². The summed E-state index contributed by atoms with van der Waals surface area (Å²) in [5, 5.41) is 3.37. The zero-order valence-electron chi connectivity index (χ0n) is 13.4. The highest BCUT2D eigenvalue weighted by Gasteiger charge is 2.18. The number of methoxy groups -OCH3 is 4. The standard InChI is InChI=1S/C15H26N2O4/c1-10(18-2)9-17-12(8-16)11-6-13(19-3)15(21-5)14(7-11)20-4/h6-7,10,12,17H,8-9,16H2,1-5H3. The second kappa shape index (κ2) is 8.71. The molecule has 0 aliphatic carbocycles. The van der Waals surface area contributed by atoms with E-state index in [0.29, 0.717) is 30.3 Å². The van der Waals surface area contributed by atoms with E-state index in [1.54, 1.807) is 28.4 Å². The maximum absolute atomic E-state index is 5.87. The molecule has 0 aromatic heterocycles. The molecule has 2 unspecified atom stereocenters. The van der Waals surface area contributed by atoms with E-state index >= 15 is 0 Å². The minimum absolute atomic E-state index is 0.0173. The highest BCUT2D eigenvalue weighted by atomic mass is 16.5. The van der Waals surface area contributed by atoms with Gasteiger partial charge in [-0.1, -0.05) is 0 Å². The summed E-state index contributed by atoms with van der Waals surface area (Å²) in [6.45, 7) is 3.15. The maximum Gasteiger partial charge on any atom is 0.203 e. The van der Waals surface area contributed by atoms with Crippen LogP contribution in [0.1, 0.15) is 18.5 Å². The fourth-order valence-electron chi connectivity index (χ4n) is 2.03. The first-order chi connectivity index (χ1) is 10.1. The number of benzene rings is 1. The van der Waals surface area contributed by atoms with Crippen LogP contribution < -0.4 is 25.3 Å². The van der Waals surface area contributed by atoms with Gasteiger partial charge >= 0.3 is 0 Å². The molecule has 1 aromatic rings. The molecule has 120 valence electrons. The number of hydrogen-bond acceptors (Lipinski definition) is 6. The summed E-state index contributed by atoms with van der Waals surface area (Å²) in [5.74, 6) is 1.81. The van der Waals surface area contributed by atoms with Gasteiger partial charge in [0.2, 0.25) is 5.75 Å². The summed E-state index contributed by atoms with van der Waals surface area (Å²) in [6.07, 6.45) is 0.112. The third-order valence-corrected chi connectivity index (χ3v) is 3.38. The number of nitrogens with one attached hydrogen (secondary N) is 1. The first-order valence-corrected chi connectivity index (χ1v) is 6.87. The van der Waals surface area contributed by atoms with Gasteiger partial charge in [0.1, 0.15) is 0 Å². The van der Waals surface area contributed by atoms with Gasteiger partial charge in [-0.2, -0.15) is 0 Å². The van der Waals surface area contributed by atoms with E-state index in [1.807, 2.05) is 19.1 Å². The van der Waals surface area contributed by atoms with Gasteiger partial charge in [0.15, 0.2) is 11.5 Å². The second-order valence-electron chi connectivity index (χ2n) is 4.70. The van der Waals surface area contributed by atoms with E-state index in [2.05, 4.69) is 5.32 Å². The maximum atomic E-state index is 5.87. The van der Waals surface area contributed by atoms with E-state index in [-0.39, 0.29) is 12.1 Å². The Bertz CT molecular complexity index is 415. The Hall–Kier alpha value is -1.50. The van der Waals surface area contributed by atoms with Crippen molar-refractivity contribution in [1.82, 2.24) is 5.32 Å². The number of nitrogens with two attached hydrogens (primary N) is 1. The molecule has 6 nitrogen and oxygen atoms in total. The summed E-state index contributed by atoms with van der Waals surface area (Å²) in [7, 11) is 6.46. The molecule has 0 aliphatic heterocycles. The van der Waals surface area contributed by atoms with Crippen molar-refractivity contribution in [3.8, 4) is 17.2 Å². The van der Waals surface area contributed by atoms with Crippen LogP contribution in [-0.4, -0.2) is 47.6 Å². The Morgan fingerprint density at radius 1 is 1.05 bits per heavy atom. The van der Waals surface area contributed by atoms with Crippen LogP contribution in [0.3, 0.4) is 0 Å². The molecule has 0 spiro atoms. The number of hydrogen-bond donors (Lipinski definition) is 2. The SMILES string of the molecule is COc1cc(C(CN)NCC(C)OC)cc(OC)c1OC. The highest BCUT2D eigenvalue weighted by Crippen LogP contribution is 2.39. The number of rotatable bonds is 9. The quantitative estimate of drug-likeness (QED) is 0.716. The fourth-order valence-corrected chi connectivity index (χ4v) is 2.03.